The van der Waals surface area contributed by atoms with Gasteiger partial charge in [0.05, 0.1) is 10.5 Å². The van der Waals surface area contributed by atoms with Gasteiger partial charge < -0.3 is 4.90 Å². The minimum Gasteiger partial charge on any atom is -0.329 e. The molecule has 3 aromatic rings. The van der Waals surface area contributed by atoms with Gasteiger partial charge in [-0.15, -0.1) is 6.58 Å². The third-order valence-electron chi connectivity index (χ3n) is 3.64. The lowest BCUT2D eigenvalue weighted by molar-refractivity contribution is 0.0756. The highest BCUT2D eigenvalue weighted by Gasteiger charge is 2.23. The number of benzene rings is 1. The van der Waals surface area contributed by atoms with Crippen LogP contribution in [0.4, 0.5) is 0 Å². The molecule has 1 amide bonds. The van der Waals surface area contributed by atoms with Gasteiger partial charge in [0, 0.05) is 24.3 Å². The second-order valence-electron chi connectivity index (χ2n) is 5.26. The van der Waals surface area contributed by atoms with Crippen LogP contribution in [0.25, 0.3) is 5.52 Å². The van der Waals surface area contributed by atoms with Gasteiger partial charge in [0.25, 0.3) is 5.91 Å². The molecule has 0 atom stereocenters. The monoisotopic (exact) mass is 359 g/mol. The zero-order valence-corrected chi connectivity index (χ0v) is 14.3. The summed E-state index contributed by atoms with van der Waals surface area (Å²) in [7, 11) is 0. The van der Waals surface area contributed by atoms with Crippen molar-refractivity contribution in [2.24, 2.45) is 0 Å². The van der Waals surface area contributed by atoms with Crippen LogP contribution in [-0.4, -0.2) is 27.0 Å². The molecule has 3 rings (SSSR count). The Hall–Kier alpha value is -2.30. The van der Waals surface area contributed by atoms with E-state index in [0.717, 1.165) is 5.56 Å². The van der Waals surface area contributed by atoms with Gasteiger partial charge in [-0.1, -0.05) is 53.5 Å². The van der Waals surface area contributed by atoms with E-state index < -0.39 is 0 Å². The first kappa shape index (κ1) is 16.6. The number of fused-ring (bicyclic) bond motifs is 1. The van der Waals surface area contributed by atoms with Gasteiger partial charge in [0.15, 0.2) is 5.69 Å². The van der Waals surface area contributed by atoms with Gasteiger partial charge in [-0.2, -0.15) is 5.10 Å². The number of carbonyl (C=O) groups is 1. The molecule has 6 heteroatoms. The zero-order valence-electron chi connectivity index (χ0n) is 12.8. The van der Waals surface area contributed by atoms with Gasteiger partial charge in [-0.05, 0) is 23.8 Å². The van der Waals surface area contributed by atoms with Gasteiger partial charge in [-0.3, -0.25) is 4.79 Å². The van der Waals surface area contributed by atoms with Crippen LogP contribution in [0.3, 0.4) is 0 Å². The number of hydrogen-bond acceptors (Lipinski definition) is 2. The molecule has 0 aliphatic heterocycles. The predicted octanol–water partition coefficient (Wildman–Crippen LogP) is 4.47. The fourth-order valence-corrected chi connectivity index (χ4v) is 2.93. The van der Waals surface area contributed by atoms with Crippen molar-refractivity contribution in [1.82, 2.24) is 14.5 Å². The van der Waals surface area contributed by atoms with E-state index in [1.54, 1.807) is 27.8 Å². The van der Waals surface area contributed by atoms with Crippen molar-refractivity contribution >= 4 is 34.6 Å². The number of aromatic nitrogens is 2. The molecule has 122 valence electrons. The Morgan fingerprint density at radius 1 is 1.21 bits per heavy atom. The van der Waals surface area contributed by atoms with E-state index in [2.05, 4.69) is 11.7 Å². The molecular weight excluding hydrogens is 345 g/mol. The molecular formula is C18H15Cl2N3O. The Morgan fingerprint density at radius 2 is 1.96 bits per heavy atom. The molecule has 24 heavy (non-hydrogen) atoms. The summed E-state index contributed by atoms with van der Waals surface area (Å²) in [4.78, 5) is 14.5. The number of pyridine rings is 1. The Kier molecular flexibility index (Phi) is 4.88. The normalized spacial score (nSPS) is 10.8. The van der Waals surface area contributed by atoms with Gasteiger partial charge >= 0.3 is 0 Å². The van der Waals surface area contributed by atoms with Crippen LogP contribution in [0.15, 0.2) is 61.3 Å². The Balaban J connectivity index is 1.95. The quantitative estimate of drug-likeness (QED) is 0.630. The zero-order chi connectivity index (χ0) is 17.1. The van der Waals surface area contributed by atoms with Crippen molar-refractivity contribution in [2.45, 2.75) is 6.54 Å². The summed E-state index contributed by atoms with van der Waals surface area (Å²) in [6.07, 6.45) is 3.42. The lowest BCUT2D eigenvalue weighted by atomic mass is 10.2. The van der Waals surface area contributed by atoms with Crippen LogP contribution in [0.5, 0.6) is 0 Å². The minimum atomic E-state index is -0.261. The molecule has 0 spiro atoms. The van der Waals surface area contributed by atoms with E-state index in [1.165, 1.54) is 0 Å². The fourth-order valence-electron chi connectivity index (χ4n) is 2.46. The van der Waals surface area contributed by atoms with E-state index in [9.17, 15) is 4.79 Å². The van der Waals surface area contributed by atoms with Crippen LogP contribution >= 0.6 is 23.2 Å². The summed E-state index contributed by atoms with van der Waals surface area (Å²) in [5.74, 6) is -0.261. The van der Waals surface area contributed by atoms with E-state index >= 15 is 0 Å². The van der Waals surface area contributed by atoms with E-state index in [1.807, 2.05) is 36.4 Å². The second-order valence-corrected chi connectivity index (χ2v) is 6.04. The van der Waals surface area contributed by atoms with Gasteiger partial charge in [0.1, 0.15) is 0 Å². The van der Waals surface area contributed by atoms with Crippen LogP contribution in [-0.2, 0) is 6.54 Å². The number of amides is 1. The van der Waals surface area contributed by atoms with Crippen molar-refractivity contribution in [3.63, 3.8) is 0 Å². The van der Waals surface area contributed by atoms with Crippen molar-refractivity contribution in [1.29, 1.82) is 0 Å². The maximum Gasteiger partial charge on any atom is 0.276 e. The average Bonchev–Trinajstić information content (AvgIpc) is 2.93. The number of hydrogen-bond donors (Lipinski definition) is 0. The Labute approximate surface area is 149 Å². The average molecular weight is 360 g/mol. The molecule has 2 aromatic heterocycles. The molecule has 0 saturated heterocycles. The number of rotatable bonds is 5. The molecule has 0 saturated carbocycles. The second kappa shape index (κ2) is 7.07. The predicted molar refractivity (Wildman–Crippen MR) is 96.6 cm³/mol. The first-order chi connectivity index (χ1) is 11.6. The van der Waals surface area contributed by atoms with Crippen LogP contribution in [0.2, 0.25) is 10.0 Å². The topological polar surface area (TPSA) is 37.6 Å². The molecule has 0 aliphatic carbocycles. The lowest BCUT2D eigenvalue weighted by Gasteiger charge is -2.21. The molecule has 1 aromatic carbocycles. The molecule has 2 heterocycles. The fraction of sp³-hybridized carbons (Fsp3) is 0.111. The number of nitrogens with zero attached hydrogens (tertiary/aromatic N) is 3. The third-order valence-corrected chi connectivity index (χ3v) is 4.38. The van der Waals surface area contributed by atoms with Crippen molar-refractivity contribution in [3.8, 4) is 0 Å². The van der Waals surface area contributed by atoms with E-state index in [-0.39, 0.29) is 11.6 Å². The summed E-state index contributed by atoms with van der Waals surface area (Å²) in [6, 6.07) is 12.9. The Morgan fingerprint density at radius 3 is 2.67 bits per heavy atom. The molecule has 4 nitrogen and oxygen atoms in total. The van der Waals surface area contributed by atoms with Crippen LogP contribution in [0, 0.1) is 0 Å². The minimum absolute atomic E-state index is 0.219. The highest BCUT2D eigenvalue weighted by atomic mass is 35.5. The maximum atomic E-state index is 12.9. The third kappa shape index (κ3) is 3.16. The molecule has 0 aliphatic rings. The smallest absolute Gasteiger partial charge is 0.276 e. The number of carbonyl (C=O) groups excluding carboxylic acids is 1. The van der Waals surface area contributed by atoms with Crippen LogP contribution in [0.1, 0.15) is 16.1 Å². The number of halogens is 2. The van der Waals surface area contributed by atoms with Crippen molar-refractivity contribution < 1.29 is 4.79 Å². The molecule has 0 fully saturated rings. The van der Waals surface area contributed by atoms with Gasteiger partial charge in [-0.25, -0.2) is 4.52 Å². The van der Waals surface area contributed by atoms with E-state index in [0.29, 0.717) is 28.7 Å². The van der Waals surface area contributed by atoms with E-state index in [4.69, 9.17) is 23.2 Å². The lowest BCUT2D eigenvalue weighted by Crippen LogP contribution is -2.31. The highest BCUT2D eigenvalue weighted by Crippen LogP contribution is 2.24. The Bertz CT molecular complexity index is 904. The maximum absolute atomic E-state index is 12.9. The summed E-state index contributed by atoms with van der Waals surface area (Å²) >= 11 is 12.6. The highest BCUT2D eigenvalue weighted by molar-refractivity contribution is 6.36. The molecule has 0 N–H and O–H groups in total. The summed E-state index contributed by atoms with van der Waals surface area (Å²) < 4.78 is 1.59. The molecule has 0 bridgehead atoms. The standard InChI is InChI=1S/C18H15Cl2N3O/c1-2-10-22(12-13-7-3-4-8-14(13)19)18(24)17-16(20)15-9-5-6-11-23(15)21-17/h2-9,11H,1,10,12H2. The van der Waals surface area contributed by atoms with Crippen molar-refractivity contribution in [3.05, 3.63) is 82.6 Å². The molecule has 0 radical (unpaired) electrons. The first-order valence-corrected chi connectivity index (χ1v) is 8.14. The summed E-state index contributed by atoms with van der Waals surface area (Å²) in [5, 5.41) is 5.26. The first-order valence-electron chi connectivity index (χ1n) is 7.38. The summed E-state index contributed by atoms with van der Waals surface area (Å²) in [6.45, 7) is 4.45. The van der Waals surface area contributed by atoms with Crippen molar-refractivity contribution in [2.75, 3.05) is 6.54 Å². The summed E-state index contributed by atoms with van der Waals surface area (Å²) in [5.41, 5.74) is 1.77. The largest absolute Gasteiger partial charge is 0.329 e. The SMILES string of the molecule is C=CCN(Cc1ccccc1Cl)C(=O)c1nn2ccccc2c1Cl. The van der Waals surface area contributed by atoms with Crippen LogP contribution < -0.4 is 0 Å². The molecule has 0 unspecified atom stereocenters. The van der Waals surface area contributed by atoms with Gasteiger partial charge in [0.2, 0.25) is 0 Å².